The molecule has 18 heavy (non-hydrogen) atoms. The van der Waals surface area contributed by atoms with Crippen LogP contribution in [0, 0.1) is 13.8 Å². The van der Waals surface area contributed by atoms with Crippen molar-refractivity contribution in [1.29, 1.82) is 0 Å². The smallest absolute Gasteiger partial charge is 0.0919 e. The Bertz CT molecular complexity index is 401. The molecule has 0 saturated carbocycles. The molecule has 0 spiro atoms. The van der Waals surface area contributed by atoms with E-state index < -0.39 is 0 Å². The molecule has 1 heterocycles. The molecule has 1 N–H and O–H groups in total. The van der Waals surface area contributed by atoms with Crippen LogP contribution in [0.3, 0.4) is 0 Å². The predicted octanol–water partition coefficient (Wildman–Crippen LogP) is 2.77. The molecule has 1 fully saturated rings. The molecule has 100 valence electrons. The molecule has 2 unspecified atom stereocenters. The SMILES string of the molecule is Cc1ccc(C)c(C(O)CN(C)C2CCSC2)c1. The Hall–Kier alpha value is -0.510. The van der Waals surface area contributed by atoms with E-state index in [1.807, 2.05) is 11.8 Å². The van der Waals surface area contributed by atoms with Gasteiger partial charge in [-0.15, -0.1) is 0 Å². The van der Waals surface area contributed by atoms with Crippen LogP contribution in [0.2, 0.25) is 0 Å². The van der Waals surface area contributed by atoms with Gasteiger partial charge in [0.15, 0.2) is 0 Å². The Kier molecular flexibility index (Phi) is 4.71. The summed E-state index contributed by atoms with van der Waals surface area (Å²) in [5.74, 6) is 2.46. The van der Waals surface area contributed by atoms with Gasteiger partial charge in [-0.1, -0.05) is 23.8 Å². The minimum atomic E-state index is -0.375. The van der Waals surface area contributed by atoms with Crippen molar-refractivity contribution in [2.45, 2.75) is 32.4 Å². The standard InChI is InChI=1S/C15H23NOS/c1-11-4-5-12(2)14(8-11)15(17)9-16(3)13-6-7-18-10-13/h4-5,8,13,15,17H,6-7,9-10H2,1-3H3. The van der Waals surface area contributed by atoms with Crippen LogP contribution in [-0.2, 0) is 0 Å². The Labute approximate surface area is 114 Å². The van der Waals surface area contributed by atoms with E-state index >= 15 is 0 Å². The Morgan fingerprint density at radius 2 is 2.22 bits per heavy atom. The first kappa shape index (κ1) is 13.9. The highest BCUT2D eigenvalue weighted by atomic mass is 32.2. The third kappa shape index (κ3) is 3.28. The average molecular weight is 265 g/mol. The van der Waals surface area contributed by atoms with Crippen molar-refractivity contribution in [1.82, 2.24) is 4.90 Å². The minimum Gasteiger partial charge on any atom is -0.387 e. The van der Waals surface area contributed by atoms with Crippen LogP contribution in [0.5, 0.6) is 0 Å². The quantitative estimate of drug-likeness (QED) is 0.905. The molecular weight excluding hydrogens is 242 g/mol. The van der Waals surface area contributed by atoms with E-state index in [9.17, 15) is 5.11 Å². The molecule has 0 radical (unpaired) electrons. The largest absolute Gasteiger partial charge is 0.387 e. The molecule has 0 aromatic heterocycles. The average Bonchev–Trinajstić information content (AvgIpc) is 2.85. The number of hydrogen-bond donors (Lipinski definition) is 1. The first-order valence-corrected chi connectivity index (χ1v) is 7.76. The number of aryl methyl sites for hydroxylation is 2. The van der Waals surface area contributed by atoms with Gasteiger partial charge in [0, 0.05) is 18.3 Å². The number of rotatable bonds is 4. The zero-order valence-corrected chi connectivity index (χ0v) is 12.3. The first-order valence-electron chi connectivity index (χ1n) is 6.61. The second kappa shape index (κ2) is 6.09. The number of thioether (sulfide) groups is 1. The fourth-order valence-corrected chi connectivity index (χ4v) is 3.81. The van der Waals surface area contributed by atoms with E-state index in [2.05, 4.69) is 44.0 Å². The van der Waals surface area contributed by atoms with E-state index in [4.69, 9.17) is 0 Å². The van der Waals surface area contributed by atoms with Crippen LogP contribution < -0.4 is 0 Å². The monoisotopic (exact) mass is 265 g/mol. The van der Waals surface area contributed by atoms with E-state index in [1.54, 1.807) is 0 Å². The van der Waals surface area contributed by atoms with Gasteiger partial charge in [-0.2, -0.15) is 11.8 Å². The molecule has 1 saturated heterocycles. The van der Waals surface area contributed by atoms with Gasteiger partial charge in [-0.3, -0.25) is 4.90 Å². The lowest BCUT2D eigenvalue weighted by Gasteiger charge is -2.27. The maximum atomic E-state index is 10.4. The molecule has 0 amide bonds. The Balaban J connectivity index is 2.02. The molecule has 1 aromatic carbocycles. The molecule has 1 aliphatic rings. The lowest BCUT2D eigenvalue weighted by atomic mass is 10.00. The van der Waals surface area contributed by atoms with Crippen molar-refractivity contribution in [2.75, 3.05) is 25.1 Å². The second-order valence-electron chi connectivity index (χ2n) is 5.33. The van der Waals surface area contributed by atoms with Gasteiger partial charge in [0.25, 0.3) is 0 Å². The van der Waals surface area contributed by atoms with Crippen molar-refractivity contribution in [2.24, 2.45) is 0 Å². The summed E-state index contributed by atoms with van der Waals surface area (Å²) in [5, 5.41) is 10.4. The van der Waals surface area contributed by atoms with Crippen molar-refractivity contribution in [3.8, 4) is 0 Å². The molecule has 1 aliphatic heterocycles. The molecule has 0 aliphatic carbocycles. The molecule has 1 aromatic rings. The maximum Gasteiger partial charge on any atom is 0.0919 e. The highest BCUT2D eigenvalue weighted by Crippen LogP contribution is 2.25. The van der Waals surface area contributed by atoms with Gasteiger partial charge in [0.1, 0.15) is 0 Å². The predicted molar refractivity (Wildman–Crippen MR) is 79.2 cm³/mol. The molecule has 3 heteroatoms. The van der Waals surface area contributed by atoms with Crippen LogP contribution in [0.4, 0.5) is 0 Å². The third-order valence-electron chi connectivity index (χ3n) is 3.78. The van der Waals surface area contributed by atoms with Crippen LogP contribution in [0.25, 0.3) is 0 Å². The number of nitrogens with zero attached hydrogens (tertiary/aromatic N) is 1. The molecular formula is C15H23NOS. The van der Waals surface area contributed by atoms with Crippen molar-refractivity contribution in [3.05, 3.63) is 34.9 Å². The summed E-state index contributed by atoms with van der Waals surface area (Å²) >= 11 is 2.02. The summed E-state index contributed by atoms with van der Waals surface area (Å²) in [5.41, 5.74) is 3.48. The fourth-order valence-electron chi connectivity index (χ4n) is 2.51. The second-order valence-corrected chi connectivity index (χ2v) is 6.48. The van der Waals surface area contributed by atoms with Crippen LogP contribution in [0.15, 0.2) is 18.2 Å². The maximum absolute atomic E-state index is 10.4. The summed E-state index contributed by atoms with van der Waals surface area (Å²) in [4.78, 5) is 2.31. The summed E-state index contributed by atoms with van der Waals surface area (Å²) in [6, 6.07) is 6.94. The summed E-state index contributed by atoms with van der Waals surface area (Å²) < 4.78 is 0. The Morgan fingerprint density at radius 1 is 1.44 bits per heavy atom. The highest BCUT2D eigenvalue weighted by molar-refractivity contribution is 7.99. The lowest BCUT2D eigenvalue weighted by Crippen LogP contribution is -2.35. The number of likely N-dealkylation sites (N-methyl/N-ethyl adjacent to an activating group) is 1. The fraction of sp³-hybridized carbons (Fsp3) is 0.600. The normalized spacial score (nSPS) is 21.5. The van der Waals surface area contributed by atoms with Crippen molar-refractivity contribution in [3.63, 3.8) is 0 Å². The van der Waals surface area contributed by atoms with Gasteiger partial charge in [0.2, 0.25) is 0 Å². The van der Waals surface area contributed by atoms with Crippen molar-refractivity contribution < 1.29 is 5.11 Å². The highest BCUT2D eigenvalue weighted by Gasteiger charge is 2.22. The molecule has 2 rings (SSSR count). The molecule has 2 atom stereocenters. The topological polar surface area (TPSA) is 23.5 Å². The van der Waals surface area contributed by atoms with Crippen LogP contribution >= 0.6 is 11.8 Å². The van der Waals surface area contributed by atoms with Gasteiger partial charge >= 0.3 is 0 Å². The minimum absolute atomic E-state index is 0.375. The third-order valence-corrected chi connectivity index (χ3v) is 4.93. The van der Waals surface area contributed by atoms with E-state index in [1.165, 1.54) is 29.1 Å². The van der Waals surface area contributed by atoms with Crippen molar-refractivity contribution >= 4 is 11.8 Å². The summed E-state index contributed by atoms with van der Waals surface area (Å²) in [7, 11) is 2.13. The number of hydrogen-bond acceptors (Lipinski definition) is 3. The number of aliphatic hydroxyl groups is 1. The zero-order chi connectivity index (χ0) is 13.1. The van der Waals surface area contributed by atoms with Gasteiger partial charge in [0.05, 0.1) is 6.10 Å². The lowest BCUT2D eigenvalue weighted by molar-refractivity contribution is 0.109. The summed E-state index contributed by atoms with van der Waals surface area (Å²) in [6.45, 7) is 4.88. The van der Waals surface area contributed by atoms with Gasteiger partial charge < -0.3 is 5.11 Å². The molecule has 0 bridgehead atoms. The van der Waals surface area contributed by atoms with E-state index in [0.29, 0.717) is 6.04 Å². The van der Waals surface area contributed by atoms with Crippen LogP contribution in [0.1, 0.15) is 29.2 Å². The van der Waals surface area contributed by atoms with E-state index in [0.717, 1.165) is 12.1 Å². The van der Waals surface area contributed by atoms with Crippen LogP contribution in [-0.4, -0.2) is 41.1 Å². The Morgan fingerprint density at radius 3 is 2.89 bits per heavy atom. The first-order chi connectivity index (χ1) is 8.58. The van der Waals surface area contributed by atoms with Gasteiger partial charge in [-0.05, 0) is 44.2 Å². The van der Waals surface area contributed by atoms with Gasteiger partial charge in [-0.25, -0.2) is 0 Å². The number of aliphatic hydroxyl groups excluding tert-OH is 1. The van der Waals surface area contributed by atoms with E-state index in [-0.39, 0.29) is 6.10 Å². The molecule has 2 nitrogen and oxygen atoms in total. The summed E-state index contributed by atoms with van der Waals surface area (Å²) in [6.07, 6.45) is 0.876. The number of benzene rings is 1. The zero-order valence-electron chi connectivity index (χ0n) is 11.5.